The zero-order valence-corrected chi connectivity index (χ0v) is 19.3. The number of hydrogen-bond acceptors (Lipinski definition) is 5. The van der Waals surface area contributed by atoms with E-state index in [2.05, 4.69) is 20.1 Å². The van der Waals surface area contributed by atoms with Crippen LogP contribution >= 0.6 is 11.3 Å². The summed E-state index contributed by atoms with van der Waals surface area (Å²) in [6.45, 7) is 8.81. The summed E-state index contributed by atoms with van der Waals surface area (Å²) >= 11 is 1.54. The molecule has 0 unspecified atom stereocenters. The summed E-state index contributed by atoms with van der Waals surface area (Å²) in [4.78, 5) is 27.9. The first-order valence-corrected chi connectivity index (χ1v) is 12.1. The summed E-state index contributed by atoms with van der Waals surface area (Å²) < 4.78 is 0. The number of benzene rings is 2. The Hall–Kier alpha value is -3.86. The summed E-state index contributed by atoms with van der Waals surface area (Å²) in [5.41, 5.74) is 8.10. The molecule has 7 heteroatoms. The van der Waals surface area contributed by atoms with Gasteiger partial charge in [0.2, 0.25) is 5.91 Å². The molecule has 0 saturated heterocycles. The van der Waals surface area contributed by atoms with Crippen molar-refractivity contribution in [3.63, 3.8) is 0 Å². The molecule has 0 saturated carbocycles. The first-order chi connectivity index (χ1) is 16.7. The Morgan fingerprint density at radius 2 is 1.97 bits per heavy atom. The van der Waals surface area contributed by atoms with Crippen molar-refractivity contribution in [3.8, 4) is 11.1 Å². The van der Waals surface area contributed by atoms with E-state index in [-0.39, 0.29) is 5.91 Å². The van der Waals surface area contributed by atoms with E-state index >= 15 is 0 Å². The van der Waals surface area contributed by atoms with Gasteiger partial charge in [0.25, 0.3) is 0 Å². The molecule has 4 aromatic rings. The van der Waals surface area contributed by atoms with Crippen LogP contribution in [0.4, 0.5) is 11.4 Å². The van der Waals surface area contributed by atoms with Crippen LogP contribution in [0.1, 0.15) is 16.8 Å². The predicted molar refractivity (Wildman–Crippen MR) is 135 cm³/mol. The number of anilines is 1. The van der Waals surface area contributed by atoms with Crippen molar-refractivity contribution in [1.82, 2.24) is 15.3 Å². The van der Waals surface area contributed by atoms with Gasteiger partial charge in [-0.2, -0.15) is 0 Å². The molecule has 1 aliphatic rings. The first-order valence-electron chi connectivity index (χ1n) is 11.1. The second-order valence-electron chi connectivity index (χ2n) is 8.18. The molecule has 1 atom stereocenters. The van der Waals surface area contributed by atoms with Gasteiger partial charge < -0.3 is 4.90 Å². The summed E-state index contributed by atoms with van der Waals surface area (Å²) in [7, 11) is 0. The van der Waals surface area contributed by atoms with E-state index in [0.717, 1.165) is 33.6 Å². The largest absolute Gasteiger partial charge is 0.312 e. The Morgan fingerprint density at radius 1 is 1.15 bits per heavy atom. The molecule has 0 aliphatic carbocycles. The van der Waals surface area contributed by atoms with E-state index < -0.39 is 6.04 Å². The third kappa shape index (κ3) is 4.60. The maximum Gasteiger partial charge on any atom is 0.244 e. The highest BCUT2D eigenvalue weighted by Gasteiger charge is 2.32. The molecule has 0 radical (unpaired) electrons. The van der Waals surface area contributed by atoms with Crippen molar-refractivity contribution < 1.29 is 4.79 Å². The average molecular weight is 466 g/mol. The van der Waals surface area contributed by atoms with Gasteiger partial charge in [0, 0.05) is 36.6 Å². The Balaban J connectivity index is 1.47. The van der Waals surface area contributed by atoms with Gasteiger partial charge in [0.05, 0.1) is 23.8 Å². The lowest BCUT2D eigenvalue weighted by Gasteiger charge is -2.25. The van der Waals surface area contributed by atoms with E-state index in [0.29, 0.717) is 31.6 Å². The van der Waals surface area contributed by atoms with Crippen LogP contribution < -0.4 is 10.2 Å². The summed E-state index contributed by atoms with van der Waals surface area (Å²) in [5.74, 6) is 0.0145. The molecule has 2 aromatic heterocycles. The maximum absolute atomic E-state index is 13.9. The lowest BCUT2D eigenvalue weighted by Crippen LogP contribution is -2.47. The zero-order chi connectivity index (χ0) is 23.3. The molecular weight excluding hydrogens is 442 g/mol. The second kappa shape index (κ2) is 9.96. The van der Waals surface area contributed by atoms with Crippen LogP contribution in [0, 0.1) is 6.57 Å². The van der Waals surface area contributed by atoms with Gasteiger partial charge in [-0.3, -0.25) is 15.1 Å². The van der Waals surface area contributed by atoms with E-state index in [9.17, 15) is 4.79 Å². The van der Waals surface area contributed by atoms with Crippen LogP contribution in [-0.2, 0) is 24.2 Å². The fourth-order valence-electron chi connectivity index (χ4n) is 4.36. The smallest absolute Gasteiger partial charge is 0.244 e. The monoisotopic (exact) mass is 465 g/mol. The molecule has 34 heavy (non-hydrogen) atoms. The van der Waals surface area contributed by atoms with Crippen LogP contribution in [0.5, 0.6) is 0 Å². The quantitative estimate of drug-likeness (QED) is 0.388. The normalized spacial score (nSPS) is 13.3. The Bertz CT molecular complexity index is 1320. The third-order valence-corrected chi connectivity index (χ3v) is 6.71. The molecule has 0 bridgehead atoms. The molecule has 5 rings (SSSR count). The van der Waals surface area contributed by atoms with Gasteiger partial charge in [0.15, 0.2) is 5.69 Å². The number of carbonyl (C=O) groups excluding carboxylic acids is 1. The van der Waals surface area contributed by atoms with Crippen LogP contribution in [0.15, 0.2) is 77.9 Å². The number of carbonyl (C=O) groups is 1. The Morgan fingerprint density at radius 3 is 2.71 bits per heavy atom. The molecular formula is C27H23N5OS. The summed E-state index contributed by atoms with van der Waals surface area (Å²) in [6.07, 6.45) is 4.73. The standard InChI is InChI=1S/C27H23N5OS/c1-28-24-14-21(20-7-10-29-11-8-20)15-26-23(24)9-12-32(26)27(33)25(13-19-5-3-2-4-6-19)30-16-22-17-34-18-31-22/h2-8,10-11,14-15,17-18,25,30H,9,12-13,16H2/t25-/m0/s1. The Kier molecular flexibility index (Phi) is 6.43. The number of hydrogen-bond donors (Lipinski definition) is 1. The molecule has 168 valence electrons. The van der Waals surface area contributed by atoms with Gasteiger partial charge in [0.1, 0.15) is 0 Å². The second-order valence-corrected chi connectivity index (χ2v) is 8.90. The first kappa shape index (κ1) is 22.0. The number of nitrogens with zero attached hydrogens (tertiary/aromatic N) is 4. The fraction of sp³-hybridized carbons (Fsp3) is 0.185. The third-order valence-electron chi connectivity index (χ3n) is 6.07. The predicted octanol–water partition coefficient (Wildman–Crippen LogP) is 5.05. The van der Waals surface area contributed by atoms with E-state index in [4.69, 9.17) is 6.57 Å². The van der Waals surface area contributed by atoms with Crippen LogP contribution in [0.3, 0.4) is 0 Å². The van der Waals surface area contributed by atoms with Crippen LogP contribution in [-0.4, -0.2) is 28.5 Å². The van der Waals surface area contributed by atoms with E-state index in [1.165, 1.54) is 0 Å². The number of amides is 1. The number of aromatic nitrogens is 2. The zero-order valence-electron chi connectivity index (χ0n) is 18.5. The average Bonchev–Trinajstić information content (AvgIpc) is 3.57. The summed E-state index contributed by atoms with van der Waals surface area (Å²) in [6, 6.07) is 17.4. The molecule has 1 amide bonds. The minimum Gasteiger partial charge on any atom is -0.312 e. The van der Waals surface area contributed by atoms with Gasteiger partial charge in [-0.05, 0) is 59.4 Å². The highest BCUT2D eigenvalue weighted by atomic mass is 32.1. The molecule has 6 nitrogen and oxygen atoms in total. The highest BCUT2D eigenvalue weighted by molar-refractivity contribution is 7.07. The molecule has 3 heterocycles. The minimum atomic E-state index is -0.406. The number of rotatable bonds is 7. The minimum absolute atomic E-state index is 0.0145. The SMILES string of the molecule is [C-]#[N+]c1cc(-c2ccncc2)cc2c1CCN2C(=O)[C@H](Cc1ccccc1)NCc1cscn1. The van der Waals surface area contributed by atoms with Gasteiger partial charge in [-0.15, -0.1) is 11.3 Å². The van der Waals surface area contributed by atoms with Crippen molar-refractivity contribution >= 4 is 28.6 Å². The topological polar surface area (TPSA) is 62.5 Å². The van der Waals surface area contributed by atoms with Crippen molar-refractivity contribution in [1.29, 1.82) is 0 Å². The van der Waals surface area contributed by atoms with E-state index in [1.807, 2.05) is 64.9 Å². The molecule has 0 spiro atoms. The highest BCUT2D eigenvalue weighted by Crippen LogP contribution is 2.40. The summed E-state index contributed by atoms with van der Waals surface area (Å²) in [5, 5.41) is 5.43. The Labute approximate surface area is 202 Å². The van der Waals surface area contributed by atoms with Crippen molar-refractivity contribution in [2.24, 2.45) is 0 Å². The lowest BCUT2D eigenvalue weighted by atomic mass is 10.0. The maximum atomic E-state index is 13.9. The van der Waals surface area contributed by atoms with Gasteiger partial charge in [-0.1, -0.05) is 30.3 Å². The number of thiazole rings is 1. The molecule has 1 aliphatic heterocycles. The van der Waals surface area contributed by atoms with Crippen molar-refractivity contribution in [2.45, 2.75) is 25.4 Å². The number of fused-ring (bicyclic) bond motifs is 1. The number of nitrogens with one attached hydrogen (secondary N) is 1. The number of pyridine rings is 1. The van der Waals surface area contributed by atoms with Gasteiger partial charge >= 0.3 is 0 Å². The lowest BCUT2D eigenvalue weighted by molar-refractivity contribution is -0.120. The van der Waals surface area contributed by atoms with Crippen LogP contribution in [0.25, 0.3) is 16.0 Å². The van der Waals surface area contributed by atoms with E-state index in [1.54, 1.807) is 29.2 Å². The molecule has 0 fully saturated rings. The van der Waals surface area contributed by atoms with Gasteiger partial charge in [-0.25, -0.2) is 9.83 Å². The van der Waals surface area contributed by atoms with Crippen LogP contribution in [0.2, 0.25) is 0 Å². The van der Waals surface area contributed by atoms with Crippen molar-refractivity contribution in [3.05, 3.63) is 106 Å². The van der Waals surface area contributed by atoms with Crippen molar-refractivity contribution in [2.75, 3.05) is 11.4 Å². The fourth-order valence-corrected chi connectivity index (χ4v) is 4.92. The molecule has 1 N–H and O–H groups in total. The molecule has 2 aromatic carbocycles.